The van der Waals surface area contributed by atoms with Crippen molar-refractivity contribution in [1.82, 2.24) is 20.5 Å². The van der Waals surface area contributed by atoms with Crippen LogP contribution in [0.4, 0.5) is 0 Å². The molecule has 1 heterocycles. The van der Waals surface area contributed by atoms with E-state index in [2.05, 4.69) is 27.6 Å². The van der Waals surface area contributed by atoms with E-state index in [9.17, 15) is 4.79 Å². The maximum atomic E-state index is 11.4. The molecule has 0 aromatic heterocycles. The van der Waals surface area contributed by atoms with Gasteiger partial charge >= 0.3 is 0 Å². The molecule has 7 nitrogen and oxygen atoms in total. The minimum atomic E-state index is -0.286. The summed E-state index contributed by atoms with van der Waals surface area (Å²) in [6, 6.07) is 0. The van der Waals surface area contributed by atoms with Gasteiger partial charge in [-0.1, -0.05) is 0 Å². The lowest BCUT2D eigenvalue weighted by molar-refractivity contribution is -0.117. The molecule has 1 fully saturated rings. The van der Waals surface area contributed by atoms with Crippen molar-refractivity contribution < 1.29 is 4.79 Å². The largest absolute Gasteiger partial charge is 0.393 e. The van der Waals surface area contributed by atoms with Gasteiger partial charge in [0.25, 0.3) is 5.91 Å². The number of likely N-dealkylation sites (N-methyl/N-ethyl adjacent to an activating group) is 1. The molecule has 0 radical (unpaired) electrons. The summed E-state index contributed by atoms with van der Waals surface area (Å²) in [5, 5.41) is 2.75. The van der Waals surface area contributed by atoms with E-state index in [-0.39, 0.29) is 11.6 Å². The van der Waals surface area contributed by atoms with Gasteiger partial charge in [-0.05, 0) is 20.0 Å². The van der Waals surface area contributed by atoms with Crippen LogP contribution in [0.15, 0.2) is 11.9 Å². The number of nitrogens with zero attached hydrogens (tertiary/aromatic N) is 2. The third-order valence-electron chi connectivity index (χ3n) is 3.03. The summed E-state index contributed by atoms with van der Waals surface area (Å²) in [6.45, 7) is 6.07. The summed E-state index contributed by atoms with van der Waals surface area (Å²) in [5.41, 5.74) is 7.79. The van der Waals surface area contributed by atoms with E-state index in [1.165, 1.54) is 6.20 Å². The molecule has 6 N–H and O–H groups in total. The van der Waals surface area contributed by atoms with E-state index in [1.54, 1.807) is 0 Å². The van der Waals surface area contributed by atoms with Gasteiger partial charge in [0, 0.05) is 38.9 Å². The van der Waals surface area contributed by atoms with Gasteiger partial charge in [0.1, 0.15) is 5.70 Å². The highest BCUT2D eigenvalue weighted by atomic mass is 16.1. The van der Waals surface area contributed by atoms with Crippen LogP contribution in [-0.2, 0) is 4.79 Å². The second-order valence-corrected chi connectivity index (χ2v) is 4.52. The van der Waals surface area contributed by atoms with E-state index in [4.69, 9.17) is 11.6 Å². The second kappa shape index (κ2) is 7.91. The van der Waals surface area contributed by atoms with Gasteiger partial charge in [-0.25, -0.2) is 0 Å². The normalized spacial score (nSPS) is 18.7. The molecule has 0 unspecified atom stereocenters. The quantitative estimate of drug-likeness (QED) is 0.190. The van der Waals surface area contributed by atoms with Crippen LogP contribution < -0.4 is 22.3 Å². The molecule has 1 aliphatic heterocycles. The first-order chi connectivity index (χ1) is 8.63. The molecule has 18 heavy (non-hydrogen) atoms. The maximum Gasteiger partial charge on any atom is 0.268 e. The summed E-state index contributed by atoms with van der Waals surface area (Å²) < 4.78 is 0. The molecular weight excluding hydrogens is 232 g/mol. The lowest BCUT2D eigenvalue weighted by Gasteiger charge is -2.32. The van der Waals surface area contributed by atoms with Crippen LogP contribution in [0, 0.1) is 0 Å². The Morgan fingerprint density at radius 2 is 2.00 bits per heavy atom. The molecule has 0 atom stereocenters. The molecule has 7 heteroatoms. The first-order valence-electron chi connectivity index (χ1n) is 6.24. The van der Waals surface area contributed by atoms with E-state index in [1.807, 2.05) is 0 Å². The SMILES string of the molecule is CN1CCN(CCCNC(=O)/C(N)=C/NN)CC1. The van der Waals surface area contributed by atoms with Gasteiger partial charge < -0.3 is 26.3 Å². The second-order valence-electron chi connectivity index (χ2n) is 4.52. The van der Waals surface area contributed by atoms with Gasteiger partial charge in [0.2, 0.25) is 0 Å². The average Bonchev–Trinajstić information content (AvgIpc) is 2.36. The fraction of sp³-hybridized carbons (Fsp3) is 0.727. The first kappa shape index (κ1) is 14.7. The molecule has 0 spiro atoms. The number of nitrogens with one attached hydrogen (secondary N) is 2. The minimum Gasteiger partial charge on any atom is -0.393 e. The lowest BCUT2D eigenvalue weighted by Crippen LogP contribution is -2.45. The Hall–Kier alpha value is -1.31. The molecule has 1 aliphatic rings. The number of hydrogen-bond donors (Lipinski definition) is 4. The van der Waals surface area contributed by atoms with E-state index in [0.717, 1.165) is 39.1 Å². The third-order valence-corrected chi connectivity index (χ3v) is 3.03. The van der Waals surface area contributed by atoms with Crippen molar-refractivity contribution in [3.8, 4) is 0 Å². The number of piperazine rings is 1. The summed E-state index contributed by atoms with van der Waals surface area (Å²) >= 11 is 0. The predicted molar refractivity (Wildman–Crippen MR) is 71.2 cm³/mol. The highest BCUT2D eigenvalue weighted by Crippen LogP contribution is 1.99. The van der Waals surface area contributed by atoms with Crippen LogP contribution in [0.1, 0.15) is 6.42 Å². The molecule has 1 saturated heterocycles. The van der Waals surface area contributed by atoms with Crippen molar-refractivity contribution in [2.45, 2.75) is 6.42 Å². The van der Waals surface area contributed by atoms with Gasteiger partial charge in [0.15, 0.2) is 0 Å². The van der Waals surface area contributed by atoms with Gasteiger partial charge in [-0.15, -0.1) is 0 Å². The van der Waals surface area contributed by atoms with Gasteiger partial charge in [-0.3, -0.25) is 10.6 Å². The zero-order valence-corrected chi connectivity index (χ0v) is 11.0. The van der Waals surface area contributed by atoms with Crippen molar-refractivity contribution in [3.05, 3.63) is 11.9 Å². The Morgan fingerprint density at radius 3 is 2.61 bits per heavy atom. The van der Waals surface area contributed by atoms with Crippen molar-refractivity contribution in [2.24, 2.45) is 11.6 Å². The van der Waals surface area contributed by atoms with Crippen molar-refractivity contribution in [1.29, 1.82) is 0 Å². The van der Waals surface area contributed by atoms with Crippen molar-refractivity contribution >= 4 is 5.91 Å². The molecule has 0 aliphatic carbocycles. The standard InChI is InChI=1S/C11H24N6O/c1-16-5-7-17(8-6-16)4-2-3-14-11(18)10(12)9-15-13/h9,15H,2-8,12-13H2,1H3,(H,14,18)/b10-9-. The van der Waals surface area contributed by atoms with Crippen LogP contribution in [0.3, 0.4) is 0 Å². The molecule has 0 bridgehead atoms. The molecule has 0 aromatic carbocycles. The zero-order chi connectivity index (χ0) is 13.4. The fourth-order valence-corrected chi connectivity index (χ4v) is 1.83. The van der Waals surface area contributed by atoms with Crippen LogP contribution in [0.5, 0.6) is 0 Å². The van der Waals surface area contributed by atoms with Crippen molar-refractivity contribution in [3.63, 3.8) is 0 Å². The Bertz CT molecular complexity index is 285. The predicted octanol–water partition coefficient (Wildman–Crippen LogP) is -2.00. The highest BCUT2D eigenvalue weighted by Gasteiger charge is 2.12. The summed E-state index contributed by atoms with van der Waals surface area (Å²) in [4.78, 5) is 16.1. The lowest BCUT2D eigenvalue weighted by atomic mass is 10.3. The van der Waals surface area contributed by atoms with Crippen LogP contribution in [0.2, 0.25) is 0 Å². The molecule has 104 valence electrons. The number of carbonyl (C=O) groups is 1. The number of hydrazine groups is 1. The summed E-state index contributed by atoms with van der Waals surface area (Å²) in [5.74, 6) is 4.75. The fourth-order valence-electron chi connectivity index (χ4n) is 1.83. The van der Waals surface area contributed by atoms with Crippen LogP contribution in [-0.4, -0.2) is 62.0 Å². The summed E-state index contributed by atoms with van der Waals surface area (Å²) in [6.07, 6.45) is 2.20. The number of carbonyl (C=O) groups excluding carboxylic acids is 1. The smallest absolute Gasteiger partial charge is 0.268 e. The average molecular weight is 256 g/mol. The zero-order valence-electron chi connectivity index (χ0n) is 11.0. The number of amides is 1. The topological polar surface area (TPSA) is 99.6 Å². The Balaban J connectivity index is 2.08. The number of rotatable bonds is 6. The van der Waals surface area contributed by atoms with Crippen molar-refractivity contribution in [2.75, 3.05) is 46.3 Å². The summed E-state index contributed by atoms with van der Waals surface area (Å²) in [7, 11) is 2.14. The number of hydrogen-bond acceptors (Lipinski definition) is 6. The van der Waals surface area contributed by atoms with Gasteiger partial charge in [-0.2, -0.15) is 0 Å². The third kappa shape index (κ3) is 5.35. The molecule has 1 amide bonds. The molecular formula is C11H24N6O. The van der Waals surface area contributed by atoms with E-state index >= 15 is 0 Å². The highest BCUT2D eigenvalue weighted by molar-refractivity contribution is 5.92. The molecule has 0 saturated carbocycles. The maximum absolute atomic E-state index is 11.4. The monoisotopic (exact) mass is 256 g/mol. The van der Waals surface area contributed by atoms with E-state index < -0.39 is 0 Å². The Labute approximate surface area is 108 Å². The Kier molecular flexibility index (Phi) is 6.48. The first-order valence-corrected chi connectivity index (χ1v) is 6.24. The minimum absolute atomic E-state index is 0.0945. The van der Waals surface area contributed by atoms with Crippen LogP contribution in [0.25, 0.3) is 0 Å². The van der Waals surface area contributed by atoms with Crippen LogP contribution >= 0.6 is 0 Å². The Morgan fingerprint density at radius 1 is 1.33 bits per heavy atom. The molecule has 1 rings (SSSR count). The molecule has 0 aromatic rings. The van der Waals surface area contributed by atoms with Gasteiger partial charge in [0.05, 0.1) is 0 Å². The van der Waals surface area contributed by atoms with E-state index in [0.29, 0.717) is 6.54 Å². The number of nitrogens with two attached hydrogens (primary N) is 2.